The number of carbonyl (C=O) groups excluding carboxylic acids is 1. The van der Waals surface area contributed by atoms with E-state index in [9.17, 15) is 4.79 Å². The van der Waals surface area contributed by atoms with E-state index in [0.29, 0.717) is 29.9 Å². The zero-order valence-electron chi connectivity index (χ0n) is 14.6. The summed E-state index contributed by atoms with van der Waals surface area (Å²) >= 11 is 5.29. The summed E-state index contributed by atoms with van der Waals surface area (Å²) in [5, 5.41) is 4.99. The van der Waals surface area contributed by atoms with Crippen LogP contribution < -0.4 is 16.2 Å². The summed E-state index contributed by atoms with van der Waals surface area (Å²) in [5.74, 6) is 0.553. The zero-order chi connectivity index (χ0) is 17.6. The first-order chi connectivity index (χ1) is 12.1. The van der Waals surface area contributed by atoms with Crippen molar-refractivity contribution in [1.29, 1.82) is 0 Å². The van der Waals surface area contributed by atoms with Gasteiger partial charge in [0.2, 0.25) is 5.91 Å². The van der Waals surface area contributed by atoms with Gasteiger partial charge in [-0.05, 0) is 49.0 Å². The lowest BCUT2D eigenvalue weighted by molar-refractivity contribution is -0.121. The SMILES string of the molecule is C[C@H]1CCCC[C@@H]1NC(=S)NNC(=O)CCc1c[nH]c2ccccc12. The first kappa shape index (κ1) is 17.7. The predicted molar refractivity (Wildman–Crippen MR) is 105 cm³/mol. The van der Waals surface area contributed by atoms with Gasteiger partial charge in [-0.3, -0.25) is 15.6 Å². The number of benzene rings is 1. The van der Waals surface area contributed by atoms with Gasteiger partial charge in [0.25, 0.3) is 0 Å². The summed E-state index contributed by atoms with van der Waals surface area (Å²) in [5.41, 5.74) is 7.78. The van der Waals surface area contributed by atoms with Crippen molar-refractivity contribution in [3.8, 4) is 0 Å². The fourth-order valence-corrected chi connectivity index (χ4v) is 3.71. The molecule has 1 amide bonds. The summed E-state index contributed by atoms with van der Waals surface area (Å²) in [4.78, 5) is 15.3. The highest BCUT2D eigenvalue weighted by atomic mass is 32.1. The van der Waals surface area contributed by atoms with Crippen LogP contribution in [0.3, 0.4) is 0 Å². The Balaban J connectivity index is 1.41. The molecule has 1 aliphatic carbocycles. The van der Waals surface area contributed by atoms with Gasteiger partial charge < -0.3 is 10.3 Å². The van der Waals surface area contributed by atoms with Crippen LogP contribution in [0.1, 0.15) is 44.6 Å². The van der Waals surface area contributed by atoms with E-state index < -0.39 is 0 Å². The second-order valence-corrected chi connectivity index (χ2v) is 7.28. The van der Waals surface area contributed by atoms with E-state index in [1.165, 1.54) is 24.6 Å². The maximum atomic E-state index is 12.1. The Bertz CT molecular complexity index is 742. The Labute approximate surface area is 153 Å². The van der Waals surface area contributed by atoms with Crippen LogP contribution in [0.2, 0.25) is 0 Å². The van der Waals surface area contributed by atoms with E-state index in [2.05, 4.69) is 34.1 Å². The van der Waals surface area contributed by atoms with Gasteiger partial charge in [0, 0.05) is 29.6 Å². The summed E-state index contributed by atoms with van der Waals surface area (Å²) in [6.07, 6.45) is 7.98. The number of hydrogen-bond acceptors (Lipinski definition) is 2. The average Bonchev–Trinajstić information content (AvgIpc) is 3.03. The number of aromatic amines is 1. The lowest BCUT2D eigenvalue weighted by atomic mass is 9.86. The number of thiocarbonyl (C=S) groups is 1. The standard InChI is InChI=1S/C19H26N4OS/c1-13-6-2-4-8-16(13)21-19(25)23-22-18(24)11-10-14-12-20-17-9-5-3-7-15(14)17/h3,5,7,9,12-13,16,20H,2,4,6,8,10-11H2,1H3,(H,22,24)(H2,21,23,25)/t13-,16-/m0/s1. The summed E-state index contributed by atoms with van der Waals surface area (Å²) < 4.78 is 0. The average molecular weight is 359 g/mol. The van der Waals surface area contributed by atoms with Crippen molar-refractivity contribution in [2.75, 3.05) is 0 Å². The van der Waals surface area contributed by atoms with Crippen LogP contribution in [0.25, 0.3) is 10.9 Å². The number of carbonyl (C=O) groups is 1. The van der Waals surface area contributed by atoms with Crippen molar-refractivity contribution in [2.24, 2.45) is 5.92 Å². The second kappa shape index (κ2) is 8.34. The van der Waals surface area contributed by atoms with Gasteiger partial charge in [0.1, 0.15) is 0 Å². The number of fused-ring (bicyclic) bond motifs is 1. The fourth-order valence-electron chi connectivity index (χ4n) is 3.51. The molecule has 6 heteroatoms. The van der Waals surface area contributed by atoms with Crippen molar-refractivity contribution in [3.63, 3.8) is 0 Å². The van der Waals surface area contributed by atoms with Gasteiger partial charge in [0.15, 0.2) is 5.11 Å². The van der Waals surface area contributed by atoms with Gasteiger partial charge >= 0.3 is 0 Å². The number of hydrogen-bond donors (Lipinski definition) is 4. The van der Waals surface area contributed by atoms with E-state index in [1.54, 1.807) is 0 Å². The summed E-state index contributed by atoms with van der Waals surface area (Å²) in [7, 11) is 0. The molecular formula is C19H26N4OS. The molecular weight excluding hydrogens is 332 g/mol. The molecule has 5 nitrogen and oxygen atoms in total. The van der Waals surface area contributed by atoms with Gasteiger partial charge in [-0.2, -0.15) is 0 Å². The molecule has 0 aliphatic heterocycles. The topological polar surface area (TPSA) is 68.9 Å². The highest BCUT2D eigenvalue weighted by Gasteiger charge is 2.21. The van der Waals surface area contributed by atoms with Crippen molar-refractivity contribution < 1.29 is 4.79 Å². The van der Waals surface area contributed by atoms with Crippen LogP contribution >= 0.6 is 12.2 Å². The minimum atomic E-state index is -0.0638. The first-order valence-electron chi connectivity index (χ1n) is 9.04. The number of aromatic nitrogens is 1. The third-order valence-electron chi connectivity index (χ3n) is 5.04. The largest absolute Gasteiger partial charge is 0.361 e. The predicted octanol–water partition coefficient (Wildman–Crippen LogP) is 3.17. The van der Waals surface area contributed by atoms with Crippen molar-refractivity contribution in [2.45, 2.75) is 51.5 Å². The molecule has 1 saturated carbocycles. The lowest BCUT2D eigenvalue weighted by Crippen LogP contribution is -2.51. The van der Waals surface area contributed by atoms with Gasteiger partial charge in [-0.1, -0.05) is 38.0 Å². The number of H-pyrrole nitrogens is 1. The third kappa shape index (κ3) is 4.72. The number of aryl methyl sites for hydroxylation is 1. The molecule has 25 heavy (non-hydrogen) atoms. The minimum Gasteiger partial charge on any atom is -0.361 e. The Hall–Kier alpha value is -2.08. The molecule has 134 valence electrons. The molecule has 4 N–H and O–H groups in total. The molecule has 0 radical (unpaired) electrons. The smallest absolute Gasteiger partial charge is 0.238 e. The monoisotopic (exact) mass is 358 g/mol. The third-order valence-corrected chi connectivity index (χ3v) is 5.26. The molecule has 1 aromatic carbocycles. The zero-order valence-corrected chi connectivity index (χ0v) is 15.4. The van der Waals surface area contributed by atoms with Crippen LogP contribution in [-0.2, 0) is 11.2 Å². The summed E-state index contributed by atoms with van der Waals surface area (Å²) in [6, 6.07) is 8.52. The molecule has 0 saturated heterocycles. The van der Waals surface area contributed by atoms with Crippen LogP contribution in [0, 0.1) is 5.92 Å². The molecule has 2 atom stereocenters. The maximum Gasteiger partial charge on any atom is 0.238 e. The van der Waals surface area contributed by atoms with Gasteiger partial charge in [-0.25, -0.2) is 0 Å². The molecule has 1 fully saturated rings. The Morgan fingerprint density at radius 1 is 1.24 bits per heavy atom. The summed E-state index contributed by atoms with van der Waals surface area (Å²) in [6.45, 7) is 2.25. The Morgan fingerprint density at radius 3 is 2.88 bits per heavy atom. The van der Waals surface area contributed by atoms with E-state index in [-0.39, 0.29) is 5.91 Å². The minimum absolute atomic E-state index is 0.0638. The highest BCUT2D eigenvalue weighted by Crippen LogP contribution is 2.23. The molecule has 0 unspecified atom stereocenters. The fraction of sp³-hybridized carbons (Fsp3) is 0.474. The van der Waals surface area contributed by atoms with Gasteiger partial charge in [0.05, 0.1) is 0 Å². The molecule has 1 aromatic heterocycles. The normalized spacial score (nSPS) is 20.2. The number of amides is 1. The second-order valence-electron chi connectivity index (χ2n) is 6.87. The van der Waals surface area contributed by atoms with E-state index in [4.69, 9.17) is 12.2 Å². The Morgan fingerprint density at radius 2 is 2.04 bits per heavy atom. The van der Waals surface area contributed by atoms with Crippen molar-refractivity contribution >= 4 is 34.1 Å². The lowest BCUT2D eigenvalue weighted by Gasteiger charge is -2.30. The molecule has 1 heterocycles. The van der Waals surface area contributed by atoms with Crippen LogP contribution in [0.4, 0.5) is 0 Å². The number of hydrazine groups is 1. The highest BCUT2D eigenvalue weighted by molar-refractivity contribution is 7.80. The number of para-hydroxylation sites is 1. The van der Waals surface area contributed by atoms with E-state index in [1.807, 2.05) is 24.4 Å². The Kier molecular flexibility index (Phi) is 5.91. The molecule has 1 aliphatic rings. The van der Waals surface area contributed by atoms with E-state index >= 15 is 0 Å². The first-order valence-corrected chi connectivity index (χ1v) is 9.44. The van der Waals surface area contributed by atoms with Crippen molar-refractivity contribution in [1.82, 2.24) is 21.2 Å². The molecule has 2 aromatic rings. The maximum absolute atomic E-state index is 12.1. The molecule has 3 rings (SSSR count). The van der Waals surface area contributed by atoms with Crippen LogP contribution in [0.15, 0.2) is 30.5 Å². The number of nitrogens with one attached hydrogen (secondary N) is 4. The molecule has 0 bridgehead atoms. The molecule has 0 spiro atoms. The van der Waals surface area contributed by atoms with Crippen molar-refractivity contribution in [3.05, 3.63) is 36.0 Å². The number of rotatable bonds is 4. The van der Waals surface area contributed by atoms with Crippen LogP contribution in [-0.4, -0.2) is 22.0 Å². The van der Waals surface area contributed by atoms with E-state index in [0.717, 1.165) is 17.5 Å². The quantitative estimate of drug-likeness (QED) is 0.501. The van der Waals surface area contributed by atoms with Crippen LogP contribution in [0.5, 0.6) is 0 Å². The van der Waals surface area contributed by atoms with Gasteiger partial charge in [-0.15, -0.1) is 0 Å².